The molecule has 0 bridgehead atoms. The first-order chi connectivity index (χ1) is 23.0. The maximum absolute atomic E-state index is 6.92. The Morgan fingerprint density at radius 1 is 0.362 bits per heavy atom. The van der Waals surface area contributed by atoms with E-state index in [1.807, 2.05) is 0 Å². The predicted octanol–water partition coefficient (Wildman–Crippen LogP) is 13.7. The highest BCUT2D eigenvalue weighted by molar-refractivity contribution is 4.82. The molecular weight excluding hydrogens is 572 g/mol. The molecule has 0 amide bonds. The number of ether oxygens (including phenoxy) is 1. The minimum absolute atomic E-state index is 0.414. The van der Waals surface area contributed by atoms with Gasteiger partial charge in [-0.15, -0.1) is 0 Å². The maximum Gasteiger partial charge on any atom is 0.0591 e. The molecule has 2 unspecified atom stereocenters. The van der Waals surface area contributed by atoms with E-state index in [9.17, 15) is 0 Å². The summed E-state index contributed by atoms with van der Waals surface area (Å²) in [6, 6.07) is 0. The first-order valence-corrected chi connectivity index (χ1v) is 21.2. The standard InChI is InChI=1S/C44H88N2O/c1-7-9-11-13-15-17-19-21-23-25-27-29-31-33-35-37-43(39-41-45(3)4)47-44(40-42-46(5)6)38-36-34-32-30-28-26-24-22-20-18-16-14-12-10-8-2/h21-24,43-44H,7-20,25-42H2,1-6H3/b23-21-,24-22-. The molecule has 280 valence electrons. The first-order valence-electron chi connectivity index (χ1n) is 21.2. The fraction of sp³-hybridized carbons (Fsp3) is 0.909. The van der Waals surface area contributed by atoms with E-state index in [-0.39, 0.29) is 0 Å². The van der Waals surface area contributed by atoms with Crippen LogP contribution in [0.2, 0.25) is 0 Å². The molecule has 0 fully saturated rings. The van der Waals surface area contributed by atoms with Gasteiger partial charge in [-0.3, -0.25) is 0 Å². The minimum Gasteiger partial charge on any atom is -0.375 e. The molecule has 0 aromatic carbocycles. The highest BCUT2D eigenvalue weighted by Crippen LogP contribution is 2.20. The van der Waals surface area contributed by atoms with Crippen molar-refractivity contribution in [1.82, 2.24) is 9.80 Å². The largest absolute Gasteiger partial charge is 0.375 e. The van der Waals surface area contributed by atoms with Crippen LogP contribution in [0, 0.1) is 0 Å². The lowest BCUT2D eigenvalue weighted by atomic mass is 10.0. The average Bonchev–Trinajstić information content (AvgIpc) is 3.05. The Kier molecular flexibility index (Phi) is 37.6. The van der Waals surface area contributed by atoms with E-state index in [1.165, 1.54) is 193 Å². The Labute approximate surface area is 298 Å². The summed E-state index contributed by atoms with van der Waals surface area (Å²) in [5.41, 5.74) is 0. The summed E-state index contributed by atoms with van der Waals surface area (Å²) in [6.45, 7) is 6.85. The second-order valence-corrected chi connectivity index (χ2v) is 15.3. The Hall–Kier alpha value is -0.640. The van der Waals surface area contributed by atoms with E-state index in [1.54, 1.807) is 0 Å². The van der Waals surface area contributed by atoms with Crippen molar-refractivity contribution in [2.45, 2.75) is 219 Å². The summed E-state index contributed by atoms with van der Waals surface area (Å²) in [4.78, 5) is 4.66. The second kappa shape index (κ2) is 38.2. The predicted molar refractivity (Wildman–Crippen MR) is 214 cm³/mol. The van der Waals surface area contributed by atoms with Gasteiger partial charge in [-0.05, 0) is 118 Å². The summed E-state index contributed by atoms with van der Waals surface area (Å²) in [5.74, 6) is 0. The van der Waals surface area contributed by atoms with Gasteiger partial charge in [0.15, 0.2) is 0 Å². The molecule has 0 aliphatic rings. The van der Waals surface area contributed by atoms with Crippen molar-refractivity contribution >= 4 is 0 Å². The van der Waals surface area contributed by atoms with Crippen LogP contribution in [0.15, 0.2) is 24.3 Å². The van der Waals surface area contributed by atoms with Crippen LogP contribution in [-0.2, 0) is 4.74 Å². The van der Waals surface area contributed by atoms with Crippen molar-refractivity contribution in [2.24, 2.45) is 0 Å². The SMILES string of the molecule is CCCCCCCC/C=C\CCCCCCCC(CCN(C)C)OC(CCCCCCC/C=C\CCCCCCCC)CCN(C)C. The lowest BCUT2D eigenvalue weighted by molar-refractivity contribution is -0.0348. The second-order valence-electron chi connectivity index (χ2n) is 15.3. The molecule has 0 heterocycles. The van der Waals surface area contributed by atoms with Gasteiger partial charge in [0, 0.05) is 0 Å². The van der Waals surface area contributed by atoms with Crippen molar-refractivity contribution in [3.8, 4) is 0 Å². The zero-order valence-corrected chi connectivity index (χ0v) is 33.4. The molecule has 0 saturated carbocycles. The van der Waals surface area contributed by atoms with E-state index >= 15 is 0 Å². The van der Waals surface area contributed by atoms with Crippen molar-refractivity contribution in [2.75, 3.05) is 41.3 Å². The number of hydrogen-bond acceptors (Lipinski definition) is 3. The molecule has 0 spiro atoms. The normalized spacial score (nSPS) is 13.6. The van der Waals surface area contributed by atoms with Crippen LogP contribution in [0.25, 0.3) is 0 Å². The van der Waals surface area contributed by atoms with E-state index in [4.69, 9.17) is 4.74 Å². The van der Waals surface area contributed by atoms with Gasteiger partial charge in [-0.25, -0.2) is 0 Å². The zero-order valence-electron chi connectivity index (χ0n) is 33.4. The third kappa shape index (κ3) is 38.0. The third-order valence-electron chi connectivity index (χ3n) is 9.76. The average molecular weight is 661 g/mol. The van der Waals surface area contributed by atoms with Gasteiger partial charge < -0.3 is 14.5 Å². The van der Waals surface area contributed by atoms with Gasteiger partial charge >= 0.3 is 0 Å². The lowest BCUT2D eigenvalue weighted by Crippen LogP contribution is -2.29. The van der Waals surface area contributed by atoms with Crippen LogP contribution in [0.3, 0.4) is 0 Å². The molecule has 47 heavy (non-hydrogen) atoms. The van der Waals surface area contributed by atoms with Crippen LogP contribution in [0.1, 0.15) is 206 Å². The van der Waals surface area contributed by atoms with Crippen molar-refractivity contribution in [3.63, 3.8) is 0 Å². The van der Waals surface area contributed by atoms with Gasteiger partial charge in [0.2, 0.25) is 0 Å². The summed E-state index contributed by atoms with van der Waals surface area (Å²) >= 11 is 0. The van der Waals surface area contributed by atoms with Crippen LogP contribution in [0.4, 0.5) is 0 Å². The van der Waals surface area contributed by atoms with Crippen LogP contribution >= 0.6 is 0 Å². The smallest absolute Gasteiger partial charge is 0.0591 e. The highest BCUT2D eigenvalue weighted by atomic mass is 16.5. The van der Waals surface area contributed by atoms with Gasteiger partial charge in [0.05, 0.1) is 12.2 Å². The molecule has 0 aliphatic heterocycles. The topological polar surface area (TPSA) is 15.7 Å². The summed E-state index contributed by atoms with van der Waals surface area (Å²) < 4.78 is 6.92. The number of rotatable bonds is 38. The lowest BCUT2D eigenvalue weighted by Gasteiger charge is -2.27. The maximum atomic E-state index is 6.92. The van der Waals surface area contributed by atoms with Crippen molar-refractivity contribution in [3.05, 3.63) is 24.3 Å². The Morgan fingerprint density at radius 2 is 0.638 bits per heavy atom. The molecule has 0 saturated heterocycles. The van der Waals surface area contributed by atoms with Gasteiger partial charge in [0.1, 0.15) is 0 Å². The number of unbranched alkanes of at least 4 members (excludes halogenated alkanes) is 22. The summed E-state index contributed by atoms with van der Waals surface area (Å²) in [5, 5.41) is 0. The zero-order chi connectivity index (χ0) is 34.5. The number of allylic oxidation sites excluding steroid dienone is 4. The van der Waals surface area contributed by atoms with Crippen LogP contribution < -0.4 is 0 Å². The monoisotopic (exact) mass is 661 g/mol. The Morgan fingerprint density at radius 3 is 0.936 bits per heavy atom. The van der Waals surface area contributed by atoms with Gasteiger partial charge in [-0.1, -0.05) is 154 Å². The molecule has 0 aromatic rings. The minimum atomic E-state index is 0.414. The first kappa shape index (κ1) is 46.4. The molecule has 0 N–H and O–H groups in total. The van der Waals surface area contributed by atoms with Gasteiger partial charge in [0.25, 0.3) is 0 Å². The number of hydrogen-bond donors (Lipinski definition) is 0. The van der Waals surface area contributed by atoms with E-state index in [2.05, 4.69) is 76.1 Å². The van der Waals surface area contributed by atoms with Crippen molar-refractivity contribution in [1.29, 1.82) is 0 Å². The van der Waals surface area contributed by atoms with Crippen LogP contribution in [-0.4, -0.2) is 63.3 Å². The van der Waals surface area contributed by atoms with E-state index in [0.29, 0.717) is 12.2 Å². The van der Waals surface area contributed by atoms with Crippen LogP contribution in [0.5, 0.6) is 0 Å². The van der Waals surface area contributed by atoms with E-state index < -0.39 is 0 Å². The molecule has 0 aromatic heterocycles. The molecule has 2 atom stereocenters. The Bertz CT molecular complexity index is 589. The summed E-state index contributed by atoms with van der Waals surface area (Å²) in [6.07, 6.45) is 50.9. The Balaban J connectivity index is 4.20. The highest BCUT2D eigenvalue weighted by Gasteiger charge is 2.17. The number of nitrogens with zero attached hydrogens (tertiary/aromatic N) is 2. The van der Waals surface area contributed by atoms with Gasteiger partial charge in [-0.2, -0.15) is 0 Å². The molecule has 0 radical (unpaired) electrons. The molecule has 3 nitrogen and oxygen atoms in total. The van der Waals surface area contributed by atoms with E-state index in [0.717, 1.165) is 13.1 Å². The fourth-order valence-electron chi connectivity index (χ4n) is 6.52. The summed E-state index contributed by atoms with van der Waals surface area (Å²) in [7, 11) is 8.81. The molecule has 3 heteroatoms. The third-order valence-corrected chi connectivity index (χ3v) is 9.76. The molecule has 0 aliphatic carbocycles. The molecular formula is C44H88N2O. The molecule has 0 rings (SSSR count). The van der Waals surface area contributed by atoms with Crippen molar-refractivity contribution < 1.29 is 4.74 Å². The quantitative estimate of drug-likeness (QED) is 0.0484. The fourth-order valence-corrected chi connectivity index (χ4v) is 6.52.